The molecule has 0 saturated carbocycles. The lowest BCUT2D eigenvalue weighted by molar-refractivity contribution is -0.117. The predicted molar refractivity (Wildman–Crippen MR) is 59.1 cm³/mol. The fourth-order valence-corrected chi connectivity index (χ4v) is 2.27. The minimum atomic E-state index is -0.0475. The molecule has 4 nitrogen and oxygen atoms in total. The summed E-state index contributed by atoms with van der Waals surface area (Å²) in [7, 11) is 0. The molecular weight excluding hydrogens is 190 g/mol. The lowest BCUT2D eigenvalue weighted by Gasteiger charge is -2.41. The van der Waals surface area contributed by atoms with Crippen molar-refractivity contribution in [3.05, 3.63) is 24.3 Å². The molecule has 0 unspecified atom stereocenters. The maximum absolute atomic E-state index is 11.8. The first kappa shape index (κ1) is 8.73. The van der Waals surface area contributed by atoms with E-state index in [9.17, 15) is 4.79 Å². The van der Waals surface area contributed by atoms with Crippen molar-refractivity contribution in [3.63, 3.8) is 0 Å². The second-order valence-electron chi connectivity index (χ2n) is 3.92. The van der Waals surface area contributed by atoms with E-state index in [0.29, 0.717) is 0 Å². The first-order valence-corrected chi connectivity index (χ1v) is 5.23. The van der Waals surface area contributed by atoms with Crippen LogP contribution in [0.2, 0.25) is 0 Å². The number of carbonyl (C=O) groups excluding carboxylic acids is 1. The number of carbonyl (C=O) groups is 1. The third-order valence-electron chi connectivity index (χ3n) is 3.02. The highest BCUT2D eigenvalue weighted by molar-refractivity contribution is 6.03. The standard InChI is InChI=1S/C11H13N3O/c15-11-10-7-12-5-6-14(10)9-4-2-1-3-8(9)13-11/h1-4,10,12H,5-7H2,(H,13,15)/t10-/m1/s1. The third-order valence-corrected chi connectivity index (χ3v) is 3.02. The molecule has 1 amide bonds. The molecule has 1 aromatic carbocycles. The summed E-state index contributed by atoms with van der Waals surface area (Å²) in [5, 5.41) is 6.18. The van der Waals surface area contributed by atoms with Crippen LogP contribution in [-0.4, -0.2) is 31.6 Å². The van der Waals surface area contributed by atoms with Crippen LogP contribution >= 0.6 is 0 Å². The van der Waals surface area contributed by atoms with Gasteiger partial charge in [-0.25, -0.2) is 0 Å². The highest BCUT2D eigenvalue weighted by Gasteiger charge is 2.33. The summed E-state index contributed by atoms with van der Waals surface area (Å²) in [4.78, 5) is 14.0. The minimum absolute atomic E-state index is 0.0475. The van der Waals surface area contributed by atoms with Gasteiger partial charge in [-0.3, -0.25) is 4.79 Å². The van der Waals surface area contributed by atoms with Crippen LogP contribution in [0.25, 0.3) is 0 Å². The average molecular weight is 203 g/mol. The second kappa shape index (κ2) is 3.24. The smallest absolute Gasteiger partial charge is 0.248 e. The summed E-state index contributed by atoms with van der Waals surface area (Å²) in [6.07, 6.45) is 0. The molecule has 4 heteroatoms. The van der Waals surface area contributed by atoms with Gasteiger partial charge in [0, 0.05) is 19.6 Å². The SMILES string of the molecule is O=C1Nc2ccccc2N2CCNC[C@H]12. The lowest BCUT2D eigenvalue weighted by atomic mass is 10.1. The van der Waals surface area contributed by atoms with E-state index in [1.165, 1.54) is 0 Å². The van der Waals surface area contributed by atoms with Gasteiger partial charge in [0.25, 0.3) is 0 Å². The molecule has 1 saturated heterocycles. The van der Waals surface area contributed by atoms with Crippen LogP contribution in [0, 0.1) is 0 Å². The first-order chi connectivity index (χ1) is 7.36. The molecule has 15 heavy (non-hydrogen) atoms. The van der Waals surface area contributed by atoms with Crippen molar-refractivity contribution in [1.82, 2.24) is 5.32 Å². The van der Waals surface area contributed by atoms with E-state index in [0.717, 1.165) is 31.0 Å². The van der Waals surface area contributed by atoms with Crippen molar-refractivity contribution in [2.24, 2.45) is 0 Å². The van der Waals surface area contributed by atoms with Gasteiger partial charge in [-0.05, 0) is 12.1 Å². The number of fused-ring (bicyclic) bond motifs is 3. The molecule has 2 N–H and O–H groups in total. The Morgan fingerprint density at radius 2 is 2.20 bits per heavy atom. The fourth-order valence-electron chi connectivity index (χ4n) is 2.27. The number of nitrogens with one attached hydrogen (secondary N) is 2. The Morgan fingerprint density at radius 1 is 1.33 bits per heavy atom. The van der Waals surface area contributed by atoms with Gasteiger partial charge in [0.05, 0.1) is 11.4 Å². The van der Waals surface area contributed by atoms with E-state index >= 15 is 0 Å². The number of nitrogens with zero attached hydrogens (tertiary/aromatic N) is 1. The average Bonchev–Trinajstić information content (AvgIpc) is 2.30. The molecule has 0 aromatic heterocycles. The molecule has 2 aliphatic rings. The first-order valence-electron chi connectivity index (χ1n) is 5.23. The van der Waals surface area contributed by atoms with Crippen LogP contribution in [0.1, 0.15) is 0 Å². The van der Waals surface area contributed by atoms with Gasteiger partial charge in [-0.15, -0.1) is 0 Å². The molecule has 2 aliphatic heterocycles. The van der Waals surface area contributed by atoms with E-state index in [2.05, 4.69) is 21.6 Å². The van der Waals surface area contributed by atoms with Crippen molar-refractivity contribution in [3.8, 4) is 0 Å². The Hall–Kier alpha value is -1.55. The highest BCUT2D eigenvalue weighted by Crippen LogP contribution is 2.31. The number of para-hydroxylation sites is 2. The molecular formula is C11H13N3O. The van der Waals surface area contributed by atoms with Gasteiger partial charge in [0.2, 0.25) is 5.91 Å². The molecule has 2 heterocycles. The number of hydrogen-bond acceptors (Lipinski definition) is 3. The van der Waals surface area contributed by atoms with Crippen LogP contribution in [0.15, 0.2) is 24.3 Å². The number of piperazine rings is 1. The van der Waals surface area contributed by atoms with E-state index in [-0.39, 0.29) is 11.9 Å². The van der Waals surface area contributed by atoms with Gasteiger partial charge in [-0.2, -0.15) is 0 Å². The van der Waals surface area contributed by atoms with Crippen LogP contribution in [0.3, 0.4) is 0 Å². The molecule has 0 spiro atoms. The monoisotopic (exact) mass is 203 g/mol. The zero-order chi connectivity index (χ0) is 10.3. The van der Waals surface area contributed by atoms with Crippen molar-refractivity contribution < 1.29 is 4.79 Å². The van der Waals surface area contributed by atoms with Gasteiger partial charge in [0.1, 0.15) is 6.04 Å². The van der Waals surface area contributed by atoms with Crippen molar-refractivity contribution in [2.75, 3.05) is 29.9 Å². The number of rotatable bonds is 0. The molecule has 0 aliphatic carbocycles. The van der Waals surface area contributed by atoms with Gasteiger partial charge < -0.3 is 15.5 Å². The van der Waals surface area contributed by atoms with Crippen LogP contribution < -0.4 is 15.5 Å². The van der Waals surface area contributed by atoms with Gasteiger partial charge in [-0.1, -0.05) is 12.1 Å². The summed E-state index contributed by atoms with van der Waals surface area (Å²) >= 11 is 0. The Kier molecular flexibility index (Phi) is 1.89. The Bertz CT molecular complexity index is 405. The zero-order valence-electron chi connectivity index (χ0n) is 8.36. The fraction of sp³-hybridized carbons (Fsp3) is 0.364. The maximum atomic E-state index is 11.8. The molecule has 78 valence electrons. The summed E-state index contributed by atoms with van der Waals surface area (Å²) < 4.78 is 0. The number of amides is 1. The van der Waals surface area contributed by atoms with E-state index in [1.807, 2.05) is 18.2 Å². The van der Waals surface area contributed by atoms with E-state index in [4.69, 9.17) is 0 Å². The number of anilines is 2. The Balaban J connectivity index is 2.06. The Morgan fingerprint density at radius 3 is 3.13 bits per heavy atom. The van der Waals surface area contributed by atoms with Crippen LogP contribution in [-0.2, 0) is 4.79 Å². The summed E-state index contributed by atoms with van der Waals surface area (Å²) in [6.45, 7) is 2.58. The molecule has 3 rings (SSSR count). The zero-order valence-corrected chi connectivity index (χ0v) is 8.36. The second-order valence-corrected chi connectivity index (χ2v) is 3.92. The maximum Gasteiger partial charge on any atom is 0.248 e. The molecule has 1 fully saturated rings. The molecule has 0 radical (unpaired) electrons. The van der Waals surface area contributed by atoms with Crippen LogP contribution in [0.4, 0.5) is 11.4 Å². The number of benzene rings is 1. The Labute approximate surface area is 88.3 Å². The quantitative estimate of drug-likeness (QED) is 0.642. The minimum Gasteiger partial charge on any atom is -0.356 e. The van der Waals surface area contributed by atoms with Crippen molar-refractivity contribution in [2.45, 2.75) is 6.04 Å². The highest BCUT2D eigenvalue weighted by atomic mass is 16.2. The summed E-state index contributed by atoms with van der Waals surface area (Å²) in [6, 6.07) is 7.92. The predicted octanol–water partition coefficient (Wildman–Crippen LogP) is 0.417. The van der Waals surface area contributed by atoms with Crippen LogP contribution in [0.5, 0.6) is 0 Å². The van der Waals surface area contributed by atoms with E-state index < -0.39 is 0 Å². The van der Waals surface area contributed by atoms with Crippen molar-refractivity contribution in [1.29, 1.82) is 0 Å². The summed E-state index contributed by atoms with van der Waals surface area (Å²) in [5.74, 6) is 0.0981. The lowest BCUT2D eigenvalue weighted by Crippen LogP contribution is -2.58. The number of hydrogen-bond donors (Lipinski definition) is 2. The normalized spacial score (nSPS) is 24.1. The largest absolute Gasteiger partial charge is 0.356 e. The topological polar surface area (TPSA) is 44.4 Å². The molecule has 1 atom stereocenters. The summed E-state index contributed by atoms with van der Waals surface area (Å²) in [5.41, 5.74) is 2.07. The van der Waals surface area contributed by atoms with Gasteiger partial charge in [0.15, 0.2) is 0 Å². The molecule has 1 aromatic rings. The van der Waals surface area contributed by atoms with Crippen molar-refractivity contribution >= 4 is 17.3 Å². The third kappa shape index (κ3) is 1.29. The van der Waals surface area contributed by atoms with Gasteiger partial charge >= 0.3 is 0 Å². The molecule has 0 bridgehead atoms. The van der Waals surface area contributed by atoms with E-state index in [1.54, 1.807) is 0 Å².